The normalized spacial score (nSPS) is 10.6. The Morgan fingerprint density at radius 1 is 1.33 bits per heavy atom. The largest absolute Gasteiger partial charge is 0.294 e. The third-order valence-electron chi connectivity index (χ3n) is 2.68. The Labute approximate surface area is 103 Å². The number of Topliss-reactive ketones (excluding diaryl/α,β-unsaturated/α-hetero) is 1. The molecule has 0 radical (unpaired) electrons. The van der Waals surface area contributed by atoms with Crippen LogP contribution in [0.15, 0.2) is 30.6 Å². The summed E-state index contributed by atoms with van der Waals surface area (Å²) in [5.74, 6) is -1.75. The molecule has 0 aliphatic heterocycles. The standard InChI is InChI=1S/C13H12F2N2O/c1-2-17-8-9(7-16-17)13(18)6-10-11(14)4-3-5-12(10)15/h3-5,7-8H,2,6H2,1H3. The van der Waals surface area contributed by atoms with Crippen LogP contribution in [-0.2, 0) is 13.0 Å². The van der Waals surface area contributed by atoms with E-state index in [-0.39, 0.29) is 17.8 Å². The fraction of sp³-hybridized carbons (Fsp3) is 0.231. The van der Waals surface area contributed by atoms with E-state index in [1.54, 1.807) is 10.9 Å². The molecule has 0 aliphatic rings. The second-order valence-electron chi connectivity index (χ2n) is 3.88. The molecular formula is C13H12F2N2O. The fourth-order valence-corrected chi connectivity index (χ4v) is 1.64. The third kappa shape index (κ3) is 2.45. The Morgan fingerprint density at radius 2 is 2.00 bits per heavy atom. The van der Waals surface area contributed by atoms with Gasteiger partial charge < -0.3 is 0 Å². The van der Waals surface area contributed by atoms with Crippen molar-refractivity contribution in [3.63, 3.8) is 0 Å². The Kier molecular flexibility index (Phi) is 3.50. The molecule has 0 aliphatic carbocycles. The van der Waals surface area contributed by atoms with Crippen LogP contribution < -0.4 is 0 Å². The van der Waals surface area contributed by atoms with E-state index in [0.717, 1.165) is 12.1 Å². The lowest BCUT2D eigenvalue weighted by Gasteiger charge is -2.02. The van der Waals surface area contributed by atoms with Crippen LogP contribution in [-0.4, -0.2) is 15.6 Å². The molecule has 2 rings (SSSR count). The molecule has 1 heterocycles. The molecule has 0 fully saturated rings. The molecule has 5 heteroatoms. The molecule has 0 unspecified atom stereocenters. The predicted molar refractivity (Wildman–Crippen MR) is 62.3 cm³/mol. The molecule has 0 saturated heterocycles. The van der Waals surface area contributed by atoms with Crippen molar-refractivity contribution in [2.45, 2.75) is 19.9 Å². The maximum atomic E-state index is 13.4. The average Bonchev–Trinajstić information content (AvgIpc) is 2.82. The van der Waals surface area contributed by atoms with E-state index in [2.05, 4.69) is 5.10 Å². The molecule has 3 nitrogen and oxygen atoms in total. The van der Waals surface area contributed by atoms with Gasteiger partial charge in [0.25, 0.3) is 0 Å². The second-order valence-corrected chi connectivity index (χ2v) is 3.88. The van der Waals surface area contributed by atoms with Gasteiger partial charge in [-0.25, -0.2) is 8.78 Å². The molecule has 94 valence electrons. The van der Waals surface area contributed by atoms with Crippen molar-refractivity contribution in [1.82, 2.24) is 9.78 Å². The zero-order chi connectivity index (χ0) is 13.1. The second kappa shape index (κ2) is 5.08. The monoisotopic (exact) mass is 250 g/mol. The number of carbonyl (C=O) groups is 1. The number of aryl methyl sites for hydroxylation is 1. The number of hydrogen-bond acceptors (Lipinski definition) is 2. The highest BCUT2D eigenvalue weighted by atomic mass is 19.1. The van der Waals surface area contributed by atoms with Crippen LogP contribution in [0, 0.1) is 11.6 Å². The summed E-state index contributed by atoms with van der Waals surface area (Å²) >= 11 is 0. The van der Waals surface area contributed by atoms with E-state index in [9.17, 15) is 13.6 Å². The van der Waals surface area contributed by atoms with Gasteiger partial charge in [0.15, 0.2) is 5.78 Å². The molecule has 18 heavy (non-hydrogen) atoms. The highest BCUT2D eigenvalue weighted by Gasteiger charge is 2.15. The molecule has 0 saturated carbocycles. The van der Waals surface area contributed by atoms with Crippen LogP contribution in [0.4, 0.5) is 8.78 Å². The van der Waals surface area contributed by atoms with E-state index in [1.807, 2.05) is 6.92 Å². The van der Waals surface area contributed by atoms with Crippen LogP contribution in [0.5, 0.6) is 0 Å². The molecule has 1 aromatic carbocycles. The number of carbonyl (C=O) groups excluding carboxylic acids is 1. The Balaban J connectivity index is 2.21. The molecule has 0 spiro atoms. The fourth-order valence-electron chi connectivity index (χ4n) is 1.64. The van der Waals surface area contributed by atoms with Crippen LogP contribution in [0.3, 0.4) is 0 Å². The minimum absolute atomic E-state index is 0.202. The van der Waals surface area contributed by atoms with Crippen molar-refractivity contribution in [2.24, 2.45) is 0 Å². The van der Waals surface area contributed by atoms with Crippen molar-refractivity contribution in [3.05, 3.63) is 53.4 Å². The first-order valence-electron chi connectivity index (χ1n) is 5.60. The summed E-state index contributed by atoms with van der Waals surface area (Å²) in [6, 6.07) is 3.55. The first-order valence-corrected chi connectivity index (χ1v) is 5.60. The van der Waals surface area contributed by atoms with Gasteiger partial charge >= 0.3 is 0 Å². The highest BCUT2D eigenvalue weighted by molar-refractivity contribution is 5.97. The van der Waals surface area contributed by atoms with Crippen LogP contribution in [0.1, 0.15) is 22.8 Å². The molecule has 2 aromatic rings. The Bertz CT molecular complexity index is 558. The van der Waals surface area contributed by atoms with E-state index < -0.39 is 11.6 Å². The molecule has 1 aromatic heterocycles. The third-order valence-corrected chi connectivity index (χ3v) is 2.68. The van der Waals surface area contributed by atoms with E-state index in [0.29, 0.717) is 12.1 Å². The van der Waals surface area contributed by atoms with Gasteiger partial charge in [-0.15, -0.1) is 0 Å². The van der Waals surface area contributed by atoms with E-state index in [4.69, 9.17) is 0 Å². The van der Waals surface area contributed by atoms with Gasteiger partial charge in [0, 0.05) is 24.7 Å². The van der Waals surface area contributed by atoms with E-state index in [1.165, 1.54) is 12.3 Å². The quantitative estimate of drug-likeness (QED) is 0.782. The lowest BCUT2D eigenvalue weighted by Crippen LogP contribution is -2.06. The Morgan fingerprint density at radius 3 is 2.56 bits per heavy atom. The van der Waals surface area contributed by atoms with Crippen molar-refractivity contribution in [2.75, 3.05) is 0 Å². The van der Waals surface area contributed by atoms with Gasteiger partial charge in [-0.3, -0.25) is 9.48 Å². The zero-order valence-corrected chi connectivity index (χ0v) is 9.86. The number of rotatable bonds is 4. The SMILES string of the molecule is CCn1cc(C(=O)Cc2c(F)cccc2F)cn1. The number of benzene rings is 1. The summed E-state index contributed by atoms with van der Waals surface area (Å²) in [7, 11) is 0. The van der Waals surface area contributed by atoms with Gasteiger partial charge in [0.2, 0.25) is 0 Å². The van der Waals surface area contributed by atoms with Crippen molar-refractivity contribution < 1.29 is 13.6 Å². The molecule has 0 bridgehead atoms. The molecular weight excluding hydrogens is 238 g/mol. The van der Waals surface area contributed by atoms with Crippen molar-refractivity contribution in [1.29, 1.82) is 0 Å². The number of hydrogen-bond donors (Lipinski definition) is 0. The summed E-state index contributed by atoms with van der Waals surface area (Å²) in [6.45, 7) is 2.53. The van der Waals surface area contributed by atoms with Crippen LogP contribution in [0.25, 0.3) is 0 Å². The summed E-state index contributed by atoms with van der Waals surface area (Å²) < 4.78 is 28.4. The molecule has 0 N–H and O–H groups in total. The smallest absolute Gasteiger partial charge is 0.170 e. The summed E-state index contributed by atoms with van der Waals surface area (Å²) in [5, 5.41) is 3.95. The van der Waals surface area contributed by atoms with E-state index >= 15 is 0 Å². The maximum Gasteiger partial charge on any atom is 0.170 e. The predicted octanol–water partition coefficient (Wildman–Crippen LogP) is 2.61. The zero-order valence-electron chi connectivity index (χ0n) is 9.86. The number of aromatic nitrogens is 2. The van der Waals surface area contributed by atoms with Gasteiger partial charge in [-0.05, 0) is 19.1 Å². The lowest BCUT2D eigenvalue weighted by molar-refractivity contribution is 0.0990. The minimum Gasteiger partial charge on any atom is -0.294 e. The van der Waals surface area contributed by atoms with Gasteiger partial charge in [-0.2, -0.15) is 5.10 Å². The minimum atomic E-state index is -0.703. The average molecular weight is 250 g/mol. The van der Waals surface area contributed by atoms with Gasteiger partial charge in [0.05, 0.1) is 11.8 Å². The van der Waals surface area contributed by atoms with Crippen LogP contribution >= 0.6 is 0 Å². The molecule has 0 amide bonds. The molecule has 0 atom stereocenters. The maximum absolute atomic E-state index is 13.4. The number of ketones is 1. The van der Waals surface area contributed by atoms with Gasteiger partial charge in [0.1, 0.15) is 11.6 Å². The van der Waals surface area contributed by atoms with Crippen LogP contribution in [0.2, 0.25) is 0 Å². The summed E-state index contributed by atoms with van der Waals surface area (Å²) in [5.41, 5.74) is 0.159. The first-order chi connectivity index (χ1) is 8.61. The number of nitrogens with zero attached hydrogens (tertiary/aromatic N) is 2. The van der Waals surface area contributed by atoms with Crippen molar-refractivity contribution in [3.8, 4) is 0 Å². The topological polar surface area (TPSA) is 34.9 Å². The number of halogens is 2. The summed E-state index contributed by atoms with van der Waals surface area (Å²) in [6.07, 6.45) is 2.68. The lowest BCUT2D eigenvalue weighted by atomic mass is 10.0. The summed E-state index contributed by atoms with van der Waals surface area (Å²) in [4.78, 5) is 11.9. The van der Waals surface area contributed by atoms with Gasteiger partial charge in [-0.1, -0.05) is 6.07 Å². The Hall–Kier alpha value is -2.04. The van der Waals surface area contributed by atoms with Crippen molar-refractivity contribution >= 4 is 5.78 Å². The highest BCUT2D eigenvalue weighted by Crippen LogP contribution is 2.15. The first kappa shape index (κ1) is 12.4.